The highest BCUT2D eigenvalue weighted by molar-refractivity contribution is 6.03. The maximum Gasteiger partial charge on any atom is 0.205 e. The van der Waals surface area contributed by atoms with Crippen LogP contribution in [-0.4, -0.2) is 38.0 Å². The average Bonchev–Trinajstić information content (AvgIpc) is 2.18. The molecular formula is C10H23BN2. The Bertz CT molecular complexity index is 145. The first-order valence-electron chi connectivity index (χ1n) is 5.56. The van der Waals surface area contributed by atoms with Crippen molar-refractivity contribution in [3.8, 4) is 0 Å². The third-order valence-electron chi connectivity index (χ3n) is 3.87. The van der Waals surface area contributed by atoms with Crippen LogP contribution in [0.2, 0.25) is 0 Å². The zero-order chi connectivity index (χ0) is 9.90. The van der Waals surface area contributed by atoms with Crippen molar-refractivity contribution in [1.82, 2.24) is 9.93 Å². The van der Waals surface area contributed by atoms with Crippen LogP contribution in [0.1, 0.15) is 39.5 Å². The second kappa shape index (κ2) is 4.47. The first-order chi connectivity index (χ1) is 6.13. The van der Waals surface area contributed by atoms with Gasteiger partial charge < -0.3 is 0 Å². The molecule has 0 atom stereocenters. The molecule has 0 spiro atoms. The molecule has 0 aromatic rings. The molecule has 2 nitrogen and oxygen atoms in total. The van der Waals surface area contributed by atoms with Crippen LogP contribution in [0.4, 0.5) is 0 Å². The second-order valence-electron chi connectivity index (χ2n) is 4.51. The predicted molar refractivity (Wildman–Crippen MR) is 60.1 cm³/mol. The highest BCUT2D eigenvalue weighted by Gasteiger charge is 2.31. The fourth-order valence-corrected chi connectivity index (χ4v) is 2.33. The number of hydrogen-bond acceptors (Lipinski definition) is 2. The molecular weight excluding hydrogens is 159 g/mol. The summed E-state index contributed by atoms with van der Waals surface area (Å²) in [5.74, 6) is 0. The van der Waals surface area contributed by atoms with Crippen molar-refractivity contribution in [2.75, 3.05) is 20.1 Å². The molecule has 0 amide bonds. The van der Waals surface area contributed by atoms with E-state index in [9.17, 15) is 0 Å². The lowest BCUT2D eigenvalue weighted by Gasteiger charge is -2.43. The number of rotatable bonds is 3. The van der Waals surface area contributed by atoms with Crippen molar-refractivity contribution in [2.45, 2.75) is 39.5 Å². The molecule has 3 heteroatoms. The van der Waals surface area contributed by atoms with Crippen LogP contribution in [0.25, 0.3) is 0 Å². The van der Waals surface area contributed by atoms with Crippen LogP contribution in [0.3, 0.4) is 0 Å². The fraction of sp³-hybridized carbons (Fsp3) is 1.00. The molecule has 1 fully saturated rings. The number of hydrazine groups is 1. The van der Waals surface area contributed by atoms with Crippen LogP contribution in [0.15, 0.2) is 0 Å². The van der Waals surface area contributed by atoms with Gasteiger partial charge in [-0.1, -0.05) is 26.7 Å². The normalized spacial score (nSPS) is 23.7. The van der Waals surface area contributed by atoms with Gasteiger partial charge in [0, 0.05) is 13.1 Å². The highest BCUT2D eigenvalue weighted by Crippen LogP contribution is 2.37. The van der Waals surface area contributed by atoms with E-state index in [0.717, 1.165) is 0 Å². The Kier molecular flexibility index (Phi) is 3.80. The summed E-state index contributed by atoms with van der Waals surface area (Å²) >= 11 is 0. The Balaban J connectivity index is 2.45. The van der Waals surface area contributed by atoms with Gasteiger partial charge in [0.15, 0.2) is 0 Å². The number of piperidine rings is 1. The zero-order valence-electron chi connectivity index (χ0n) is 9.64. The summed E-state index contributed by atoms with van der Waals surface area (Å²) in [6.07, 6.45) is 5.45. The molecule has 0 N–H and O–H groups in total. The summed E-state index contributed by atoms with van der Waals surface area (Å²) in [4.78, 5) is 2.23. The van der Waals surface area contributed by atoms with Gasteiger partial charge in [0.25, 0.3) is 0 Å². The minimum Gasteiger partial charge on any atom is -0.293 e. The predicted octanol–water partition coefficient (Wildman–Crippen LogP) is 1.28. The highest BCUT2D eigenvalue weighted by atomic mass is 15.6. The zero-order valence-corrected chi connectivity index (χ0v) is 9.64. The van der Waals surface area contributed by atoms with Gasteiger partial charge in [0.2, 0.25) is 7.98 Å². The smallest absolute Gasteiger partial charge is 0.205 e. The molecule has 0 aromatic heterocycles. The third kappa shape index (κ3) is 2.47. The third-order valence-corrected chi connectivity index (χ3v) is 3.87. The minimum atomic E-state index is 0.659. The van der Waals surface area contributed by atoms with Gasteiger partial charge in [0.05, 0.1) is 0 Å². The molecule has 76 valence electrons. The summed E-state index contributed by atoms with van der Waals surface area (Å²) in [6, 6.07) is 0. The Morgan fingerprint density at radius 1 is 1.23 bits per heavy atom. The van der Waals surface area contributed by atoms with Crippen LogP contribution in [0, 0.1) is 5.41 Å². The van der Waals surface area contributed by atoms with E-state index in [-0.39, 0.29) is 0 Å². The Morgan fingerprint density at radius 2 is 1.69 bits per heavy atom. The molecule has 1 saturated heterocycles. The lowest BCUT2D eigenvalue weighted by Crippen LogP contribution is -2.46. The fourth-order valence-electron chi connectivity index (χ4n) is 2.33. The second-order valence-corrected chi connectivity index (χ2v) is 4.51. The van der Waals surface area contributed by atoms with Crippen LogP contribution >= 0.6 is 0 Å². The van der Waals surface area contributed by atoms with E-state index in [1.54, 1.807) is 0 Å². The summed E-state index contributed by atoms with van der Waals surface area (Å²) in [6.45, 7) is 7.17. The summed E-state index contributed by atoms with van der Waals surface area (Å²) in [7, 11) is 4.29. The Labute approximate surface area is 83.7 Å². The topological polar surface area (TPSA) is 6.48 Å². The minimum absolute atomic E-state index is 0.659. The van der Waals surface area contributed by atoms with E-state index in [0.29, 0.717) is 5.41 Å². The largest absolute Gasteiger partial charge is 0.293 e. The van der Waals surface area contributed by atoms with E-state index in [4.69, 9.17) is 0 Å². The lowest BCUT2D eigenvalue weighted by molar-refractivity contribution is 0.00449. The molecule has 1 aliphatic rings. The molecule has 13 heavy (non-hydrogen) atoms. The van der Waals surface area contributed by atoms with Gasteiger partial charge in [-0.2, -0.15) is 0 Å². The molecule has 0 bridgehead atoms. The van der Waals surface area contributed by atoms with Crippen molar-refractivity contribution in [1.29, 1.82) is 0 Å². The standard InChI is InChI=1S/C10H23BN2/c1-4-10(5-2)6-8-13(9-7-10)12(3)11/h4-9,11H2,1-3H3. The lowest BCUT2D eigenvalue weighted by atomic mass is 9.74. The van der Waals surface area contributed by atoms with Gasteiger partial charge in [-0.15, -0.1) is 0 Å². The van der Waals surface area contributed by atoms with E-state index in [1.165, 1.54) is 38.8 Å². The monoisotopic (exact) mass is 182 g/mol. The maximum absolute atomic E-state index is 2.45. The van der Waals surface area contributed by atoms with E-state index in [2.05, 4.69) is 38.8 Å². The van der Waals surface area contributed by atoms with Gasteiger partial charge >= 0.3 is 0 Å². The van der Waals surface area contributed by atoms with Crippen LogP contribution in [-0.2, 0) is 0 Å². The van der Waals surface area contributed by atoms with Gasteiger partial charge in [-0.25, -0.2) is 0 Å². The Hall–Kier alpha value is -0.0151. The molecule has 1 rings (SSSR count). The first-order valence-corrected chi connectivity index (χ1v) is 5.56. The van der Waals surface area contributed by atoms with Crippen molar-refractivity contribution in [3.05, 3.63) is 0 Å². The summed E-state index contributed by atoms with van der Waals surface area (Å²) < 4.78 is 0. The van der Waals surface area contributed by atoms with Crippen molar-refractivity contribution in [3.63, 3.8) is 0 Å². The Morgan fingerprint density at radius 3 is 2.00 bits per heavy atom. The van der Waals surface area contributed by atoms with Crippen LogP contribution in [0.5, 0.6) is 0 Å². The first kappa shape index (κ1) is 11.1. The molecule has 0 unspecified atom stereocenters. The van der Waals surface area contributed by atoms with Gasteiger partial charge in [-0.05, 0) is 25.3 Å². The van der Waals surface area contributed by atoms with E-state index in [1.807, 2.05) is 0 Å². The molecule has 1 aliphatic heterocycles. The molecule has 0 radical (unpaired) electrons. The van der Waals surface area contributed by atoms with E-state index >= 15 is 0 Å². The molecule has 0 aromatic carbocycles. The summed E-state index contributed by atoms with van der Waals surface area (Å²) in [5.41, 5.74) is 0.659. The van der Waals surface area contributed by atoms with Crippen molar-refractivity contribution >= 4 is 7.98 Å². The van der Waals surface area contributed by atoms with E-state index < -0.39 is 0 Å². The number of hydrogen-bond donors (Lipinski definition) is 0. The quantitative estimate of drug-likeness (QED) is 0.606. The molecule has 1 heterocycles. The summed E-state index contributed by atoms with van der Waals surface area (Å²) in [5, 5.41) is 2.45. The SMILES string of the molecule is BN(C)N1CCC(CC)(CC)CC1. The van der Waals surface area contributed by atoms with Crippen LogP contribution < -0.4 is 0 Å². The van der Waals surface area contributed by atoms with Gasteiger partial charge in [0.1, 0.15) is 0 Å². The average molecular weight is 182 g/mol. The number of nitrogens with zero attached hydrogens (tertiary/aromatic N) is 2. The van der Waals surface area contributed by atoms with Crippen molar-refractivity contribution < 1.29 is 0 Å². The molecule has 0 aliphatic carbocycles. The van der Waals surface area contributed by atoms with Gasteiger partial charge in [-0.3, -0.25) is 9.93 Å². The maximum atomic E-state index is 2.45. The van der Waals surface area contributed by atoms with Crippen molar-refractivity contribution in [2.24, 2.45) is 5.41 Å². The molecule has 0 saturated carbocycles.